The predicted molar refractivity (Wildman–Crippen MR) is 130 cm³/mol. The lowest BCUT2D eigenvalue weighted by atomic mass is 10.0. The molecule has 172 valence electrons. The highest BCUT2D eigenvalue weighted by Crippen LogP contribution is 2.17. The number of pyridine rings is 1. The SMILES string of the molecule is CC(=O)N1CCN(c2ccc(CCc3ccc(CC(=O)NN)cc3)nc2)CC1.Cl.Cl.Cl. The number of hydrogen-bond donors (Lipinski definition) is 2. The number of nitrogens with one attached hydrogen (secondary N) is 1. The number of halogens is 3. The van der Waals surface area contributed by atoms with Crippen LogP contribution in [-0.2, 0) is 28.9 Å². The van der Waals surface area contributed by atoms with E-state index in [0.29, 0.717) is 6.42 Å². The number of benzene rings is 1. The molecule has 10 heteroatoms. The average molecular weight is 491 g/mol. The third kappa shape index (κ3) is 8.53. The van der Waals surface area contributed by atoms with Gasteiger partial charge in [0.2, 0.25) is 11.8 Å². The zero-order chi connectivity index (χ0) is 19.9. The summed E-state index contributed by atoms with van der Waals surface area (Å²) in [5.74, 6) is 5.06. The molecule has 2 amide bonds. The first-order valence-corrected chi connectivity index (χ1v) is 9.58. The Balaban J connectivity index is 0.00000300. The van der Waals surface area contributed by atoms with Gasteiger partial charge in [0.05, 0.1) is 18.3 Å². The van der Waals surface area contributed by atoms with Gasteiger partial charge in [0.15, 0.2) is 0 Å². The summed E-state index contributed by atoms with van der Waals surface area (Å²) in [4.78, 5) is 31.5. The number of anilines is 1. The van der Waals surface area contributed by atoms with Crippen LogP contribution in [0.25, 0.3) is 0 Å². The van der Waals surface area contributed by atoms with E-state index in [1.807, 2.05) is 35.4 Å². The molecule has 3 rings (SSSR count). The quantitative estimate of drug-likeness (QED) is 0.368. The number of rotatable bonds is 6. The van der Waals surface area contributed by atoms with Crippen molar-refractivity contribution in [2.24, 2.45) is 5.84 Å². The molecule has 0 saturated carbocycles. The van der Waals surface area contributed by atoms with Crippen molar-refractivity contribution in [1.29, 1.82) is 0 Å². The lowest BCUT2D eigenvalue weighted by molar-refractivity contribution is -0.129. The summed E-state index contributed by atoms with van der Waals surface area (Å²) in [6, 6.07) is 12.2. The lowest BCUT2D eigenvalue weighted by Crippen LogP contribution is -2.48. The largest absolute Gasteiger partial charge is 0.367 e. The van der Waals surface area contributed by atoms with Gasteiger partial charge in [-0.25, -0.2) is 5.84 Å². The van der Waals surface area contributed by atoms with Crippen LogP contribution < -0.4 is 16.2 Å². The normalized spacial score (nSPS) is 12.7. The molecule has 1 aromatic carbocycles. The van der Waals surface area contributed by atoms with E-state index in [-0.39, 0.29) is 49.0 Å². The molecule has 0 bridgehead atoms. The number of nitrogens with two attached hydrogens (primary N) is 1. The zero-order valence-corrected chi connectivity index (χ0v) is 19.9. The number of carbonyl (C=O) groups excluding carboxylic acids is 2. The zero-order valence-electron chi connectivity index (χ0n) is 17.5. The summed E-state index contributed by atoms with van der Waals surface area (Å²) in [5, 5.41) is 0. The maximum Gasteiger partial charge on any atom is 0.238 e. The summed E-state index contributed by atoms with van der Waals surface area (Å²) in [6.45, 7) is 4.83. The van der Waals surface area contributed by atoms with E-state index >= 15 is 0 Å². The number of amides is 2. The Kier molecular flexibility index (Phi) is 13.2. The first-order chi connectivity index (χ1) is 13.5. The number of piperazine rings is 1. The Morgan fingerprint density at radius 1 is 0.935 bits per heavy atom. The van der Waals surface area contributed by atoms with E-state index in [1.165, 1.54) is 5.56 Å². The summed E-state index contributed by atoms with van der Waals surface area (Å²) < 4.78 is 0. The van der Waals surface area contributed by atoms with Crippen LogP contribution in [0.5, 0.6) is 0 Å². The maximum absolute atomic E-state index is 11.4. The second kappa shape index (κ2) is 14.1. The van der Waals surface area contributed by atoms with E-state index in [9.17, 15) is 9.59 Å². The van der Waals surface area contributed by atoms with Crippen molar-refractivity contribution in [2.45, 2.75) is 26.2 Å². The minimum absolute atomic E-state index is 0. The van der Waals surface area contributed by atoms with Crippen molar-refractivity contribution < 1.29 is 9.59 Å². The van der Waals surface area contributed by atoms with Crippen LogP contribution >= 0.6 is 37.2 Å². The van der Waals surface area contributed by atoms with Crippen molar-refractivity contribution in [2.75, 3.05) is 31.1 Å². The summed E-state index contributed by atoms with van der Waals surface area (Å²) in [7, 11) is 0. The third-order valence-corrected chi connectivity index (χ3v) is 5.12. The number of hydrogen-bond acceptors (Lipinski definition) is 5. The predicted octanol–water partition coefficient (Wildman–Crippen LogP) is 2.33. The van der Waals surface area contributed by atoms with Gasteiger partial charge in [0.25, 0.3) is 0 Å². The molecule has 0 radical (unpaired) electrons. The van der Waals surface area contributed by atoms with Gasteiger partial charge in [-0.1, -0.05) is 24.3 Å². The summed E-state index contributed by atoms with van der Waals surface area (Å²) in [5.41, 5.74) is 6.46. The molecule has 0 unspecified atom stereocenters. The molecule has 0 spiro atoms. The van der Waals surface area contributed by atoms with E-state index in [2.05, 4.69) is 27.4 Å². The molecule has 3 N–H and O–H groups in total. The van der Waals surface area contributed by atoms with Gasteiger partial charge in [-0.3, -0.25) is 20.0 Å². The monoisotopic (exact) mass is 489 g/mol. The van der Waals surface area contributed by atoms with Gasteiger partial charge in [0.1, 0.15) is 0 Å². The van der Waals surface area contributed by atoms with E-state index < -0.39 is 0 Å². The minimum Gasteiger partial charge on any atom is -0.367 e. The first-order valence-electron chi connectivity index (χ1n) is 9.58. The van der Waals surface area contributed by atoms with Crippen LogP contribution in [-0.4, -0.2) is 47.9 Å². The highest BCUT2D eigenvalue weighted by Gasteiger charge is 2.18. The van der Waals surface area contributed by atoms with E-state index in [4.69, 9.17) is 5.84 Å². The molecule has 1 aromatic heterocycles. The molecule has 7 nitrogen and oxygen atoms in total. The molecule has 31 heavy (non-hydrogen) atoms. The van der Waals surface area contributed by atoms with Crippen LogP contribution in [0.3, 0.4) is 0 Å². The fraction of sp³-hybridized carbons (Fsp3) is 0.381. The second-order valence-electron chi connectivity index (χ2n) is 7.06. The topological polar surface area (TPSA) is 91.6 Å². The molecule has 1 aliphatic heterocycles. The Labute approximate surface area is 202 Å². The van der Waals surface area contributed by atoms with Gasteiger partial charge in [-0.05, 0) is 36.1 Å². The van der Waals surface area contributed by atoms with E-state index in [1.54, 1.807) is 6.92 Å². The Hall–Kier alpha value is -2.06. The molecular weight excluding hydrogens is 461 g/mol. The van der Waals surface area contributed by atoms with Gasteiger partial charge >= 0.3 is 0 Å². The van der Waals surface area contributed by atoms with Crippen LogP contribution in [0.2, 0.25) is 0 Å². The molecular formula is C21H30Cl3N5O2. The van der Waals surface area contributed by atoms with Crippen LogP contribution in [0.15, 0.2) is 42.6 Å². The molecule has 2 heterocycles. The average Bonchev–Trinajstić information content (AvgIpc) is 2.73. The second-order valence-corrected chi connectivity index (χ2v) is 7.06. The van der Waals surface area contributed by atoms with Crippen molar-refractivity contribution in [3.63, 3.8) is 0 Å². The molecule has 0 atom stereocenters. The standard InChI is InChI=1S/C21H27N5O2.3ClH/c1-16(27)25-10-12-26(13-11-25)20-9-8-19(23-15-20)7-6-17-2-4-18(5-3-17)14-21(28)24-22;;;/h2-5,8-9,15H,6-7,10-14,22H2,1H3,(H,24,28);3*1H. The highest BCUT2D eigenvalue weighted by molar-refractivity contribution is 5.86. The first kappa shape index (κ1) is 28.9. The molecule has 1 aliphatic rings. The van der Waals surface area contributed by atoms with Gasteiger partial charge in [-0.2, -0.15) is 0 Å². The van der Waals surface area contributed by atoms with Gasteiger partial charge in [0, 0.05) is 38.8 Å². The fourth-order valence-electron chi connectivity index (χ4n) is 3.36. The summed E-state index contributed by atoms with van der Waals surface area (Å²) in [6.07, 6.45) is 3.97. The summed E-state index contributed by atoms with van der Waals surface area (Å²) >= 11 is 0. The van der Waals surface area contributed by atoms with Crippen LogP contribution in [0, 0.1) is 0 Å². The number of aromatic nitrogens is 1. The molecule has 0 aliphatic carbocycles. The molecule has 1 saturated heterocycles. The molecule has 1 fully saturated rings. The van der Waals surface area contributed by atoms with Crippen LogP contribution in [0.1, 0.15) is 23.7 Å². The van der Waals surface area contributed by atoms with E-state index in [0.717, 1.165) is 56.0 Å². The van der Waals surface area contributed by atoms with Crippen molar-refractivity contribution in [3.8, 4) is 0 Å². The number of aryl methyl sites for hydroxylation is 2. The smallest absolute Gasteiger partial charge is 0.238 e. The lowest BCUT2D eigenvalue weighted by Gasteiger charge is -2.35. The highest BCUT2D eigenvalue weighted by atomic mass is 35.5. The van der Waals surface area contributed by atoms with Crippen molar-refractivity contribution in [3.05, 3.63) is 59.4 Å². The number of carbonyl (C=O) groups is 2. The Morgan fingerprint density at radius 2 is 1.55 bits per heavy atom. The van der Waals surface area contributed by atoms with Crippen molar-refractivity contribution in [1.82, 2.24) is 15.3 Å². The fourth-order valence-corrected chi connectivity index (χ4v) is 3.36. The Bertz CT molecular complexity index is 811. The van der Waals surface area contributed by atoms with Crippen molar-refractivity contribution >= 4 is 54.7 Å². The number of hydrazine groups is 1. The minimum atomic E-state index is -0.195. The third-order valence-electron chi connectivity index (χ3n) is 5.12. The maximum atomic E-state index is 11.4. The van der Waals surface area contributed by atoms with Gasteiger partial charge < -0.3 is 9.80 Å². The Morgan fingerprint density at radius 3 is 2.06 bits per heavy atom. The molecule has 2 aromatic rings. The van der Waals surface area contributed by atoms with Gasteiger partial charge in [-0.15, -0.1) is 37.2 Å². The number of nitrogens with zero attached hydrogens (tertiary/aromatic N) is 3. The van der Waals surface area contributed by atoms with Crippen LogP contribution in [0.4, 0.5) is 5.69 Å².